The van der Waals surface area contributed by atoms with E-state index in [1.54, 1.807) is 12.1 Å². The van der Waals surface area contributed by atoms with Crippen molar-refractivity contribution in [2.75, 3.05) is 13.1 Å². The first-order chi connectivity index (χ1) is 15.4. The van der Waals surface area contributed by atoms with Crippen LogP contribution < -0.4 is 5.73 Å². The van der Waals surface area contributed by atoms with E-state index in [4.69, 9.17) is 5.73 Å². The minimum Gasteiger partial charge on any atom is -0.387 e. The van der Waals surface area contributed by atoms with Crippen molar-refractivity contribution in [2.45, 2.75) is 38.0 Å². The molecule has 0 saturated heterocycles. The number of hydrogen-bond acceptors (Lipinski definition) is 4. The van der Waals surface area contributed by atoms with Crippen molar-refractivity contribution in [1.29, 1.82) is 0 Å². The van der Waals surface area contributed by atoms with Crippen LogP contribution in [0.5, 0.6) is 0 Å². The van der Waals surface area contributed by atoms with Crippen LogP contribution in [0.1, 0.15) is 52.6 Å². The SMILES string of the molecule is CC(CCc1ccc(C(N)=O)cc1)N(C[C@H](O)c1ccccc1)C[C@H](O)c1ccccc1. The van der Waals surface area contributed by atoms with Gasteiger partial charge in [-0.2, -0.15) is 0 Å². The Morgan fingerprint density at radius 3 is 1.72 bits per heavy atom. The Kier molecular flexibility index (Phi) is 8.56. The number of aliphatic hydroxyl groups excluding tert-OH is 2. The van der Waals surface area contributed by atoms with Gasteiger partial charge in [0.25, 0.3) is 0 Å². The van der Waals surface area contributed by atoms with Gasteiger partial charge in [0.2, 0.25) is 5.91 Å². The smallest absolute Gasteiger partial charge is 0.248 e. The van der Waals surface area contributed by atoms with Crippen LogP contribution in [0.15, 0.2) is 84.9 Å². The number of carbonyl (C=O) groups excluding carboxylic acids is 1. The molecular weight excluding hydrogens is 400 g/mol. The third-order valence-electron chi connectivity index (χ3n) is 5.90. The normalized spacial score (nSPS) is 14.1. The number of nitrogens with zero attached hydrogens (tertiary/aromatic N) is 1. The Labute approximate surface area is 190 Å². The van der Waals surface area contributed by atoms with Crippen molar-refractivity contribution in [3.8, 4) is 0 Å². The maximum Gasteiger partial charge on any atom is 0.248 e. The molecule has 0 aliphatic carbocycles. The molecule has 1 unspecified atom stereocenters. The molecule has 0 bridgehead atoms. The summed E-state index contributed by atoms with van der Waals surface area (Å²) in [7, 11) is 0. The first-order valence-electron chi connectivity index (χ1n) is 11.0. The number of amides is 1. The Balaban J connectivity index is 1.68. The van der Waals surface area contributed by atoms with E-state index >= 15 is 0 Å². The fourth-order valence-electron chi connectivity index (χ4n) is 3.83. The fraction of sp³-hybridized carbons (Fsp3) is 0.296. The summed E-state index contributed by atoms with van der Waals surface area (Å²) in [5, 5.41) is 21.6. The standard InChI is InChI=1S/C27H32N2O3/c1-20(12-13-21-14-16-24(17-15-21)27(28)32)29(18-25(30)22-8-4-2-5-9-22)19-26(31)23-10-6-3-7-11-23/h2-11,14-17,20,25-26,30-31H,12-13,18-19H2,1H3,(H2,28,32)/t20?,25-,26-/m0/s1. The van der Waals surface area contributed by atoms with Gasteiger partial charge in [0, 0.05) is 24.7 Å². The summed E-state index contributed by atoms with van der Waals surface area (Å²) in [5.41, 5.74) is 8.67. The molecule has 3 rings (SSSR count). The number of rotatable bonds is 11. The van der Waals surface area contributed by atoms with E-state index < -0.39 is 18.1 Å². The Hall–Kier alpha value is -2.99. The lowest BCUT2D eigenvalue weighted by atomic mass is 10.0. The second-order valence-electron chi connectivity index (χ2n) is 8.26. The molecule has 3 aromatic carbocycles. The molecule has 0 aliphatic heterocycles. The molecule has 3 aromatic rings. The summed E-state index contributed by atoms with van der Waals surface area (Å²) >= 11 is 0. The van der Waals surface area contributed by atoms with E-state index in [2.05, 4.69) is 11.8 Å². The molecule has 0 heterocycles. The van der Waals surface area contributed by atoms with Gasteiger partial charge in [0.1, 0.15) is 0 Å². The summed E-state index contributed by atoms with van der Waals surface area (Å²) in [4.78, 5) is 13.4. The fourth-order valence-corrected chi connectivity index (χ4v) is 3.83. The van der Waals surface area contributed by atoms with Crippen LogP contribution in [0.2, 0.25) is 0 Å². The first kappa shape index (κ1) is 23.7. The zero-order valence-electron chi connectivity index (χ0n) is 18.5. The van der Waals surface area contributed by atoms with Gasteiger partial charge in [-0.25, -0.2) is 0 Å². The number of primary amides is 1. The maximum absolute atomic E-state index is 11.3. The van der Waals surface area contributed by atoms with Gasteiger partial charge in [-0.05, 0) is 48.6 Å². The van der Waals surface area contributed by atoms with E-state index in [9.17, 15) is 15.0 Å². The van der Waals surface area contributed by atoms with E-state index in [1.165, 1.54) is 0 Å². The van der Waals surface area contributed by atoms with Crippen LogP contribution in [0.25, 0.3) is 0 Å². The lowest BCUT2D eigenvalue weighted by Crippen LogP contribution is -2.39. The lowest BCUT2D eigenvalue weighted by Gasteiger charge is -2.33. The van der Waals surface area contributed by atoms with Gasteiger partial charge < -0.3 is 15.9 Å². The average Bonchev–Trinajstić information content (AvgIpc) is 2.83. The van der Waals surface area contributed by atoms with Crippen molar-refractivity contribution in [1.82, 2.24) is 4.90 Å². The van der Waals surface area contributed by atoms with Crippen LogP contribution in [0.3, 0.4) is 0 Å². The predicted molar refractivity (Wildman–Crippen MR) is 127 cm³/mol. The minimum absolute atomic E-state index is 0.127. The van der Waals surface area contributed by atoms with Gasteiger partial charge in [-0.3, -0.25) is 9.69 Å². The summed E-state index contributed by atoms with van der Waals surface area (Å²) < 4.78 is 0. The molecule has 32 heavy (non-hydrogen) atoms. The number of carbonyl (C=O) groups is 1. The van der Waals surface area contributed by atoms with Crippen molar-refractivity contribution in [2.24, 2.45) is 5.73 Å². The third-order valence-corrected chi connectivity index (χ3v) is 5.90. The average molecular weight is 433 g/mol. The summed E-state index contributed by atoms with van der Waals surface area (Å²) in [5.74, 6) is -0.430. The Bertz CT molecular complexity index is 914. The number of nitrogens with two attached hydrogens (primary N) is 1. The van der Waals surface area contributed by atoms with Crippen LogP contribution in [-0.4, -0.2) is 40.2 Å². The van der Waals surface area contributed by atoms with E-state index in [0.29, 0.717) is 18.7 Å². The molecule has 5 heteroatoms. The molecule has 168 valence electrons. The van der Waals surface area contributed by atoms with Gasteiger partial charge in [-0.15, -0.1) is 0 Å². The summed E-state index contributed by atoms with van der Waals surface area (Å²) in [6.45, 7) is 2.97. The molecule has 0 spiro atoms. The van der Waals surface area contributed by atoms with E-state index in [-0.39, 0.29) is 6.04 Å². The second kappa shape index (κ2) is 11.6. The van der Waals surface area contributed by atoms with Crippen molar-refractivity contribution >= 4 is 5.91 Å². The van der Waals surface area contributed by atoms with Gasteiger partial charge in [0.15, 0.2) is 0 Å². The van der Waals surface area contributed by atoms with E-state index in [0.717, 1.165) is 29.5 Å². The molecule has 4 N–H and O–H groups in total. The van der Waals surface area contributed by atoms with E-state index in [1.807, 2.05) is 72.8 Å². The molecule has 0 aromatic heterocycles. The second-order valence-corrected chi connectivity index (χ2v) is 8.26. The van der Waals surface area contributed by atoms with Crippen LogP contribution in [0, 0.1) is 0 Å². The van der Waals surface area contributed by atoms with Crippen molar-refractivity contribution in [3.05, 3.63) is 107 Å². The maximum atomic E-state index is 11.3. The molecule has 0 saturated carbocycles. The molecule has 0 fully saturated rings. The Morgan fingerprint density at radius 2 is 1.28 bits per heavy atom. The molecular formula is C27H32N2O3. The highest BCUT2D eigenvalue weighted by molar-refractivity contribution is 5.92. The topological polar surface area (TPSA) is 86.8 Å². The summed E-state index contributed by atoms with van der Waals surface area (Å²) in [6, 6.07) is 26.7. The highest BCUT2D eigenvalue weighted by atomic mass is 16.3. The van der Waals surface area contributed by atoms with Gasteiger partial charge in [-0.1, -0.05) is 72.8 Å². The molecule has 1 amide bonds. The minimum atomic E-state index is -0.642. The third kappa shape index (κ3) is 6.76. The van der Waals surface area contributed by atoms with Crippen LogP contribution >= 0.6 is 0 Å². The van der Waals surface area contributed by atoms with Crippen LogP contribution in [-0.2, 0) is 6.42 Å². The molecule has 0 radical (unpaired) electrons. The number of hydrogen-bond donors (Lipinski definition) is 3. The first-order valence-corrected chi connectivity index (χ1v) is 11.0. The molecule has 3 atom stereocenters. The number of benzene rings is 3. The molecule has 5 nitrogen and oxygen atoms in total. The highest BCUT2D eigenvalue weighted by Gasteiger charge is 2.22. The number of aliphatic hydroxyl groups is 2. The predicted octanol–water partition coefficient (Wildman–Crippen LogP) is 3.88. The quantitative estimate of drug-likeness (QED) is 0.429. The largest absolute Gasteiger partial charge is 0.387 e. The van der Waals surface area contributed by atoms with Crippen LogP contribution in [0.4, 0.5) is 0 Å². The monoisotopic (exact) mass is 432 g/mol. The zero-order chi connectivity index (χ0) is 22.9. The highest BCUT2D eigenvalue weighted by Crippen LogP contribution is 2.21. The molecule has 0 aliphatic rings. The van der Waals surface area contributed by atoms with Crippen molar-refractivity contribution < 1.29 is 15.0 Å². The number of aryl methyl sites for hydroxylation is 1. The zero-order valence-corrected chi connectivity index (χ0v) is 18.5. The summed E-state index contributed by atoms with van der Waals surface area (Å²) in [6.07, 6.45) is 0.381. The van der Waals surface area contributed by atoms with Gasteiger partial charge >= 0.3 is 0 Å². The van der Waals surface area contributed by atoms with Crippen molar-refractivity contribution in [3.63, 3.8) is 0 Å². The lowest BCUT2D eigenvalue weighted by molar-refractivity contribution is 0.0460. The van der Waals surface area contributed by atoms with Gasteiger partial charge in [0.05, 0.1) is 12.2 Å². The Morgan fingerprint density at radius 1 is 0.812 bits per heavy atom.